The van der Waals surface area contributed by atoms with Gasteiger partial charge in [0.15, 0.2) is 0 Å². The molecule has 3 aromatic rings. The topological polar surface area (TPSA) is 54.3 Å². The molecule has 1 unspecified atom stereocenters. The molecule has 1 amide bonds. The van der Waals surface area contributed by atoms with Crippen molar-refractivity contribution in [3.05, 3.63) is 72.4 Å². The van der Waals surface area contributed by atoms with Crippen molar-refractivity contribution in [2.75, 3.05) is 19.6 Å². The zero-order chi connectivity index (χ0) is 22.1. The Morgan fingerprint density at radius 1 is 1.06 bits per heavy atom. The molecule has 4 heterocycles. The molecule has 1 saturated heterocycles. The summed E-state index contributed by atoms with van der Waals surface area (Å²) in [6.07, 6.45) is 6.18. The van der Waals surface area contributed by atoms with E-state index < -0.39 is 0 Å². The number of likely N-dealkylation sites (tertiary alicyclic amines) is 1. The monoisotopic (exact) mass is 429 g/mol. The van der Waals surface area contributed by atoms with Gasteiger partial charge in [-0.05, 0) is 38.8 Å². The first-order valence-electron chi connectivity index (χ1n) is 11.6. The number of amides is 1. The molecule has 2 aliphatic rings. The van der Waals surface area contributed by atoms with Gasteiger partial charge in [-0.25, -0.2) is 4.98 Å². The Balaban J connectivity index is 1.48. The molecule has 1 fully saturated rings. The number of hydrogen-bond acceptors (Lipinski definition) is 4. The molecular formula is C26H31N5O. The van der Waals surface area contributed by atoms with Gasteiger partial charge in [0.2, 0.25) is 5.91 Å². The van der Waals surface area contributed by atoms with Crippen LogP contribution in [-0.4, -0.2) is 55.9 Å². The summed E-state index contributed by atoms with van der Waals surface area (Å²) in [6.45, 7) is 7.87. The number of imidazole rings is 1. The third kappa shape index (κ3) is 3.84. The van der Waals surface area contributed by atoms with Crippen LogP contribution in [0.3, 0.4) is 0 Å². The van der Waals surface area contributed by atoms with Crippen LogP contribution in [0.15, 0.2) is 61.1 Å². The summed E-state index contributed by atoms with van der Waals surface area (Å²) in [5.74, 6) is 0.161. The molecule has 5 rings (SSSR count). The van der Waals surface area contributed by atoms with Gasteiger partial charge in [0.05, 0.1) is 29.7 Å². The van der Waals surface area contributed by atoms with E-state index in [2.05, 4.69) is 52.6 Å². The second-order valence-corrected chi connectivity index (χ2v) is 9.42. The number of rotatable bonds is 4. The third-order valence-electron chi connectivity index (χ3n) is 6.97. The van der Waals surface area contributed by atoms with Crippen molar-refractivity contribution in [1.82, 2.24) is 24.3 Å². The number of fused-ring (bicyclic) bond motifs is 2. The van der Waals surface area contributed by atoms with E-state index in [9.17, 15) is 4.79 Å². The Morgan fingerprint density at radius 2 is 1.88 bits per heavy atom. The van der Waals surface area contributed by atoms with Crippen molar-refractivity contribution in [3.63, 3.8) is 0 Å². The molecule has 0 radical (unpaired) electrons. The number of pyridine rings is 1. The van der Waals surface area contributed by atoms with E-state index in [1.165, 1.54) is 5.69 Å². The first-order valence-corrected chi connectivity index (χ1v) is 11.6. The highest BCUT2D eigenvalue weighted by molar-refractivity contribution is 5.78. The molecule has 32 heavy (non-hydrogen) atoms. The molecule has 6 nitrogen and oxygen atoms in total. The van der Waals surface area contributed by atoms with E-state index in [4.69, 9.17) is 4.98 Å². The number of benzene rings is 1. The van der Waals surface area contributed by atoms with E-state index in [1.807, 2.05) is 35.5 Å². The van der Waals surface area contributed by atoms with Crippen LogP contribution in [0.2, 0.25) is 0 Å². The van der Waals surface area contributed by atoms with E-state index in [-0.39, 0.29) is 11.4 Å². The lowest BCUT2D eigenvalue weighted by molar-refractivity contribution is -0.134. The van der Waals surface area contributed by atoms with Crippen molar-refractivity contribution < 1.29 is 4.79 Å². The smallest absolute Gasteiger partial charge is 0.228 e. The van der Waals surface area contributed by atoms with Crippen LogP contribution in [0.4, 0.5) is 0 Å². The molecule has 0 N–H and O–H groups in total. The molecule has 1 aromatic carbocycles. The summed E-state index contributed by atoms with van der Waals surface area (Å²) >= 11 is 0. The third-order valence-corrected chi connectivity index (χ3v) is 6.97. The highest BCUT2D eigenvalue weighted by Gasteiger charge is 2.45. The maximum atomic E-state index is 13.2. The van der Waals surface area contributed by atoms with E-state index >= 15 is 0 Å². The standard InChI is InChI=1S/C26H31N5O/c1-20(2)30-16-23-25(21-9-4-3-5-10-21)28-19-31(23)26(18-30)12-8-14-29(17-26)24(32)15-22-11-6-7-13-27-22/h3-7,9-11,13,19-20H,8,12,14-18H2,1-2H3. The highest BCUT2D eigenvalue weighted by Crippen LogP contribution is 2.39. The lowest BCUT2D eigenvalue weighted by Gasteiger charge is -2.50. The van der Waals surface area contributed by atoms with Gasteiger partial charge in [-0.3, -0.25) is 14.7 Å². The number of hydrogen-bond donors (Lipinski definition) is 0. The molecule has 2 aliphatic heterocycles. The summed E-state index contributed by atoms with van der Waals surface area (Å²) in [4.78, 5) is 27.0. The Bertz CT molecular complexity index is 1080. The SMILES string of the molecule is CC(C)N1Cc2c(-c3ccccc3)ncn2C2(CCCN(C(=O)Cc3ccccn3)C2)C1. The van der Waals surface area contributed by atoms with Crippen molar-refractivity contribution >= 4 is 5.91 Å². The number of carbonyl (C=O) groups excluding carboxylic acids is 1. The van der Waals surface area contributed by atoms with E-state index in [0.29, 0.717) is 12.5 Å². The predicted molar refractivity (Wildman–Crippen MR) is 125 cm³/mol. The zero-order valence-electron chi connectivity index (χ0n) is 18.9. The van der Waals surface area contributed by atoms with Crippen molar-refractivity contribution in [2.45, 2.75) is 51.2 Å². The second-order valence-electron chi connectivity index (χ2n) is 9.42. The average molecular weight is 430 g/mol. The second kappa shape index (κ2) is 8.51. The van der Waals surface area contributed by atoms with Crippen LogP contribution in [0.5, 0.6) is 0 Å². The number of aromatic nitrogens is 3. The van der Waals surface area contributed by atoms with Crippen molar-refractivity contribution in [1.29, 1.82) is 0 Å². The van der Waals surface area contributed by atoms with Gasteiger partial charge in [0.1, 0.15) is 0 Å². The molecule has 166 valence electrons. The minimum atomic E-state index is -0.143. The van der Waals surface area contributed by atoms with Crippen molar-refractivity contribution in [3.8, 4) is 11.3 Å². The molecule has 0 aliphatic carbocycles. The molecule has 6 heteroatoms. The van der Waals surface area contributed by atoms with Crippen LogP contribution in [0.1, 0.15) is 38.1 Å². The number of piperidine rings is 1. The Kier molecular flexibility index (Phi) is 5.55. The van der Waals surface area contributed by atoms with E-state index in [1.54, 1.807) is 6.20 Å². The van der Waals surface area contributed by atoms with Crippen molar-refractivity contribution in [2.24, 2.45) is 0 Å². The fourth-order valence-electron chi connectivity index (χ4n) is 5.26. The average Bonchev–Trinajstić information content (AvgIpc) is 3.25. The molecule has 2 aromatic heterocycles. The molecule has 0 bridgehead atoms. The quantitative estimate of drug-likeness (QED) is 0.634. The minimum absolute atomic E-state index is 0.143. The highest BCUT2D eigenvalue weighted by atomic mass is 16.2. The van der Waals surface area contributed by atoms with Gasteiger partial charge >= 0.3 is 0 Å². The Labute approximate surface area is 189 Å². The first kappa shape index (κ1) is 20.9. The van der Waals surface area contributed by atoms with Gasteiger partial charge in [-0.2, -0.15) is 0 Å². The fourth-order valence-corrected chi connectivity index (χ4v) is 5.26. The van der Waals surface area contributed by atoms with Crippen LogP contribution in [0.25, 0.3) is 11.3 Å². The maximum Gasteiger partial charge on any atom is 0.228 e. The summed E-state index contributed by atoms with van der Waals surface area (Å²) in [6, 6.07) is 16.6. The van der Waals surface area contributed by atoms with Crippen LogP contribution < -0.4 is 0 Å². The fraction of sp³-hybridized carbons (Fsp3) is 0.423. The molecular weight excluding hydrogens is 398 g/mol. The lowest BCUT2D eigenvalue weighted by atomic mass is 9.85. The number of nitrogens with zero attached hydrogens (tertiary/aromatic N) is 5. The van der Waals surface area contributed by atoms with E-state index in [0.717, 1.165) is 56.0 Å². The summed E-state index contributed by atoms with van der Waals surface area (Å²) in [5.41, 5.74) is 4.17. The van der Waals surface area contributed by atoms with Crippen LogP contribution >= 0.6 is 0 Å². The maximum absolute atomic E-state index is 13.2. The Hall–Kier alpha value is -2.99. The summed E-state index contributed by atoms with van der Waals surface area (Å²) in [5, 5.41) is 0. The minimum Gasteiger partial charge on any atom is -0.340 e. The summed E-state index contributed by atoms with van der Waals surface area (Å²) in [7, 11) is 0. The van der Waals surface area contributed by atoms with Crippen LogP contribution in [0, 0.1) is 0 Å². The van der Waals surface area contributed by atoms with Crippen LogP contribution in [-0.2, 0) is 23.3 Å². The van der Waals surface area contributed by atoms with Gasteiger partial charge in [0, 0.05) is 49.7 Å². The lowest BCUT2D eigenvalue weighted by Crippen LogP contribution is -2.60. The Morgan fingerprint density at radius 3 is 2.62 bits per heavy atom. The predicted octanol–water partition coefficient (Wildman–Crippen LogP) is 3.73. The van der Waals surface area contributed by atoms with Gasteiger partial charge in [-0.15, -0.1) is 0 Å². The normalized spacial score (nSPS) is 21.2. The number of carbonyl (C=O) groups is 1. The molecule has 1 atom stereocenters. The summed E-state index contributed by atoms with van der Waals surface area (Å²) < 4.78 is 2.40. The first-order chi connectivity index (χ1) is 15.6. The molecule has 0 saturated carbocycles. The van der Waals surface area contributed by atoms with Gasteiger partial charge in [-0.1, -0.05) is 36.4 Å². The molecule has 1 spiro atoms. The van der Waals surface area contributed by atoms with Gasteiger partial charge < -0.3 is 9.47 Å². The largest absolute Gasteiger partial charge is 0.340 e. The van der Waals surface area contributed by atoms with Gasteiger partial charge in [0.25, 0.3) is 0 Å². The zero-order valence-corrected chi connectivity index (χ0v) is 18.9.